The number of aromatic nitrogens is 2. The Kier molecular flexibility index (Phi) is 4.47. The predicted molar refractivity (Wildman–Crippen MR) is 79.0 cm³/mol. The predicted octanol–water partition coefficient (Wildman–Crippen LogP) is 0.906. The summed E-state index contributed by atoms with van der Waals surface area (Å²) in [6, 6.07) is 0.524. The van der Waals surface area contributed by atoms with Gasteiger partial charge < -0.3 is 15.3 Å². The Morgan fingerprint density at radius 3 is 2.95 bits per heavy atom. The lowest BCUT2D eigenvalue weighted by Crippen LogP contribution is -2.40. The minimum Gasteiger partial charge on any atom is -0.395 e. The molecule has 2 heterocycles. The van der Waals surface area contributed by atoms with E-state index in [0.717, 1.165) is 31.7 Å². The van der Waals surface area contributed by atoms with Crippen LogP contribution in [0.1, 0.15) is 36.9 Å². The standard InChI is InChI=1S/C15H24N4O/c20-9-8-19(10-12-4-3-7-16-12)15-13-5-1-2-6-14(13)17-11-18-15/h11-12,16,20H,1-10H2. The Bertz CT molecular complexity index is 445. The summed E-state index contributed by atoms with van der Waals surface area (Å²) in [5, 5.41) is 12.9. The number of fused-ring (bicyclic) bond motifs is 1. The molecule has 1 unspecified atom stereocenters. The van der Waals surface area contributed by atoms with Crippen molar-refractivity contribution in [1.29, 1.82) is 0 Å². The molecule has 5 nitrogen and oxygen atoms in total. The number of hydrogen-bond acceptors (Lipinski definition) is 5. The van der Waals surface area contributed by atoms with Crippen molar-refractivity contribution in [2.45, 2.75) is 44.6 Å². The Hall–Kier alpha value is -1.20. The molecule has 1 fully saturated rings. The van der Waals surface area contributed by atoms with Crippen LogP contribution in [0.3, 0.4) is 0 Å². The van der Waals surface area contributed by atoms with Crippen LogP contribution in [0.5, 0.6) is 0 Å². The fourth-order valence-electron chi connectivity index (χ4n) is 3.36. The maximum atomic E-state index is 9.37. The highest BCUT2D eigenvalue weighted by molar-refractivity contribution is 5.49. The molecule has 0 bridgehead atoms. The minimum atomic E-state index is 0.172. The van der Waals surface area contributed by atoms with Crippen LogP contribution in [-0.4, -0.2) is 47.4 Å². The normalized spacial score (nSPS) is 21.8. The molecule has 1 aliphatic heterocycles. The molecule has 20 heavy (non-hydrogen) atoms. The highest BCUT2D eigenvalue weighted by Gasteiger charge is 2.23. The summed E-state index contributed by atoms with van der Waals surface area (Å²) in [6.45, 7) is 2.87. The molecular weight excluding hydrogens is 252 g/mol. The second-order valence-corrected chi connectivity index (χ2v) is 5.79. The van der Waals surface area contributed by atoms with E-state index in [1.165, 1.54) is 36.9 Å². The van der Waals surface area contributed by atoms with Gasteiger partial charge in [-0.25, -0.2) is 9.97 Å². The largest absolute Gasteiger partial charge is 0.395 e. The second kappa shape index (κ2) is 6.50. The number of nitrogens with zero attached hydrogens (tertiary/aromatic N) is 3. The van der Waals surface area contributed by atoms with Gasteiger partial charge in [0, 0.05) is 30.4 Å². The van der Waals surface area contributed by atoms with Gasteiger partial charge in [0.25, 0.3) is 0 Å². The Labute approximate surface area is 120 Å². The van der Waals surface area contributed by atoms with Gasteiger partial charge in [-0.1, -0.05) is 0 Å². The first-order valence-electron chi connectivity index (χ1n) is 7.80. The van der Waals surface area contributed by atoms with Crippen molar-refractivity contribution in [3.8, 4) is 0 Å². The molecular formula is C15H24N4O. The summed E-state index contributed by atoms with van der Waals surface area (Å²) in [5.74, 6) is 1.05. The molecule has 5 heteroatoms. The SMILES string of the molecule is OCCN(CC1CCCN1)c1ncnc2c1CCCC2. The van der Waals surface area contributed by atoms with E-state index >= 15 is 0 Å². The highest BCUT2D eigenvalue weighted by Crippen LogP contribution is 2.27. The second-order valence-electron chi connectivity index (χ2n) is 5.79. The van der Waals surface area contributed by atoms with Gasteiger partial charge in [0.05, 0.1) is 6.61 Å². The summed E-state index contributed by atoms with van der Waals surface area (Å²) < 4.78 is 0. The van der Waals surface area contributed by atoms with Crippen LogP contribution in [0, 0.1) is 0 Å². The molecule has 3 rings (SSSR count). The zero-order chi connectivity index (χ0) is 13.8. The molecule has 1 aliphatic carbocycles. The maximum Gasteiger partial charge on any atom is 0.135 e. The Morgan fingerprint density at radius 2 is 2.15 bits per heavy atom. The van der Waals surface area contributed by atoms with E-state index in [1.807, 2.05) is 0 Å². The van der Waals surface area contributed by atoms with Gasteiger partial charge in [-0.2, -0.15) is 0 Å². The van der Waals surface area contributed by atoms with Crippen molar-refractivity contribution in [1.82, 2.24) is 15.3 Å². The maximum absolute atomic E-state index is 9.37. The van der Waals surface area contributed by atoms with Gasteiger partial charge in [-0.15, -0.1) is 0 Å². The Morgan fingerprint density at radius 1 is 1.25 bits per heavy atom. The van der Waals surface area contributed by atoms with E-state index in [-0.39, 0.29) is 6.61 Å². The summed E-state index contributed by atoms with van der Waals surface area (Å²) in [6.07, 6.45) is 8.75. The third-order valence-corrected chi connectivity index (χ3v) is 4.37. The van der Waals surface area contributed by atoms with Crippen LogP contribution < -0.4 is 10.2 Å². The molecule has 1 aromatic heterocycles. The fourth-order valence-corrected chi connectivity index (χ4v) is 3.36. The van der Waals surface area contributed by atoms with E-state index in [2.05, 4.69) is 20.2 Å². The number of anilines is 1. The summed E-state index contributed by atoms with van der Waals surface area (Å²) >= 11 is 0. The van der Waals surface area contributed by atoms with E-state index in [0.29, 0.717) is 12.6 Å². The molecule has 2 N–H and O–H groups in total. The van der Waals surface area contributed by atoms with Gasteiger partial charge in [-0.05, 0) is 45.1 Å². The first-order valence-corrected chi connectivity index (χ1v) is 7.80. The van der Waals surface area contributed by atoms with Crippen molar-refractivity contribution in [3.63, 3.8) is 0 Å². The van der Waals surface area contributed by atoms with Gasteiger partial charge >= 0.3 is 0 Å². The van der Waals surface area contributed by atoms with Crippen molar-refractivity contribution >= 4 is 5.82 Å². The monoisotopic (exact) mass is 276 g/mol. The number of aliphatic hydroxyl groups is 1. The van der Waals surface area contributed by atoms with Crippen LogP contribution in [-0.2, 0) is 12.8 Å². The van der Waals surface area contributed by atoms with Crippen molar-refractivity contribution in [2.24, 2.45) is 0 Å². The van der Waals surface area contributed by atoms with E-state index in [1.54, 1.807) is 6.33 Å². The lowest BCUT2D eigenvalue weighted by Gasteiger charge is -2.29. The van der Waals surface area contributed by atoms with E-state index < -0.39 is 0 Å². The number of aliphatic hydroxyl groups excluding tert-OH is 1. The van der Waals surface area contributed by atoms with Crippen LogP contribution in [0.4, 0.5) is 5.82 Å². The molecule has 0 saturated carbocycles. The van der Waals surface area contributed by atoms with Crippen molar-refractivity contribution in [3.05, 3.63) is 17.6 Å². The van der Waals surface area contributed by atoms with E-state index in [4.69, 9.17) is 0 Å². The average molecular weight is 276 g/mol. The molecule has 1 atom stereocenters. The lowest BCUT2D eigenvalue weighted by molar-refractivity contribution is 0.300. The molecule has 0 amide bonds. The van der Waals surface area contributed by atoms with Gasteiger partial charge in [0.1, 0.15) is 12.1 Å². The molecule has 2 aliphatic rings. The summed E-state index contributed by atoms with van der Waals surface area (Å²) in [5.41, 5.74) is 2.52. The van der Waals surface area contributed by atoms with Crippen LogP contribution in [0.2, 0.25) is 0 Å². The van der Waals surface area contributed by atoms with Crippen LogP contribution in [0.25, 0.3) is 0 Å². The number of rotatable bonds is 5. The quantitative estimate of drug-likeness (QED) is 0.837. The Balaban J connectivity index is 1.82. The zero-order valence-electron chi connectivity index (χ0n) is 12.0. The third kappa shape index (κ3) is 2.94. The molecule has 0 spiro atoms. The number of nitrogens with one attached hydrogen (secondary N) is 1. The van der Waals surface area contributed by atoms with Crippen molar-refractivity contribution < 1.29 is 5.11 Å². The fraction of sp³-hybridized carbons (Fsp3) is 0.733. The van der Waals surface area contributed by atoms with Gasteiger partial charge in [-0.3, -0.25) is 0 Å². The van der Waals surface area contributed by atoms with Crippen molar-refractivity contribution in [2.75, 3.05) is 31.1 Å². The minimum absolute atomic E-state index is 0.172. The van der Waals surface area contributed by atoms with E-state index in [9.17, 15) is 5.11 Å². The molecule has 0 aromatic carbocycles. The summed E-state index contributed by atoms with van der Waals surface area (Å²) in [7, 11) is 0. The smallest absolute Gasteiger partial charge is 0.135 e. The molecule has 110 valence electrons. The molecule has 0 radical (unpaired) electrons. The first kappa shape index (κ1) is 13.8. The van der Waals surface area contributed by atoms with Gasteiger partial charge in [0.2, 0.25) is 0 Å². The van der Waals surface area contributed by atoms with Crippen LogP contribution in [0.15, 0.2) is 6.33 Å². The first-order chi connectivity index (χ1) is 9.88. The molecule has 1 saturated heterocycles. The molecule has 1 aromatic rings. The zero-order valence-corrected chi connectivity index (χ0v) is 12.0. The highest BCUT2D eigenvalue weighted by atomic mass is 16.3. The lowest BCUT2D eigenvalue weighted by atomic mass is 9.96. The van der Waals surface area contributed by atoms with Crippen LogP contribution >= 0.6 is 0 Å². The van der Waals surface area contributed by atoms with Gasteiger partial charge in [0.15, 0.2) is 0 Å². The topological polar surface area (TPSA) is 61.3 Å². The number of hydrogen-bond donors (Lipinski definition) is 2. The third-order valence-electron chi connectivity index (χ3n) is 4.37. The number of aryl methyl sites for hydroxylation is 1. The average Bonchev–Trinajstić information content (AvgIpc) is 2.99. The summed E-state index contributed by atoms with van der Waals surface area (Å²) in [4.78, 5) is 11.2.